The van der Waals surface area contributed by atoms with Gasteiger partial charge in [0.05, 0.1) is 12.5 Å². The summed E-state index contributed by atoms with van der Waals surface area (Å²) in [4.78, 5) is 35.8. The summed E-state index contributed by atoms with van der Waals surface area (Å²) < 4.78 is 11.0. The minimum atomic E-state index is -0.771. The zero-order valence-electron chi connectivity index (χ0n) is 15.1. The number of allylic oxidation sites excluding steroid dienone is 2. The Balaban J connectivity index is 2.45. The Kier molecular flexibility index (Phi) is 6.69. The Morgan fingerprint density at radius 2 is 2.23 bits per heavy atom. The molecule has 1 saturated heterocycles. The van der Waals surface area contributed by atoms with E-state index in [2.05, 4.69) is 6.58 Å². The maximum Gasteiger partial charge on any atom is 0.334 e. The molecule has 0 aromatic rings. The summed E-state index contributed by atoms with van der Waals surface area (Å²) in [6, 6.07) is 0. The number of hydrogen-bond donors (Lipinski definition) is 1. The van der Waals surface area contributed by atoms with Gasteiger partial charge < -0.3 is 14.6 Å². The maximum atomic E-state index is 12.3. The third kappa shape index (κ3) is 4.38. The second-order valence-corrected chi connectivity index (χ2v) is 6.46. The molecule has 2 aliphatic rings. The first-order valence-electron chi connectivity index (χ1n) is 8.59. The second-order valence-electron chi connectivity index (χ2n) is 6.46. The number of carbonyl (C=O) groups excluding carboxylic acids is 3. The molecule has 140 valence electrons. The summed E-state index contributed by atoms with van der Waals surface area (Å²) in [5.74, 6) is -1.69. The van der Waals surface area contributed by atoms with Gasteiger partial charge in [-0.2, -0.15) is 0 Å². The fraction of sp³-hybridized carbons (Fsp3) is 0.450. The van der Waals surface area contributed by atoms with E-state index in [0.29, 0.717) is 29.6 Å². The van der Waals surface area contributed by atoms with Crippen molar-refractivity contribution >= 4 is 18.2 Å². The van der Waals surface area contributed by atoms with Crippen LogP contribution in [0.4, 0.5) is 0 Å². The lowest BCUT2D eigenvalue weighted by Gasteiger charge is -2.27. The third-order valence-corrected chi connectivity index (χ3v) is 4.74. The van der Waals surface area contributed by atoms with Crippen LogP contribution in [0.15, 0.2) is 47.1 Å². The van der Waals surface area contributed by atoms with E-state index >= 15 is 0 Å². The quantitative estimate of drug-likeness (QED) is 0.358. The Hall–Kier alpha value is -2.47. The van der Waals surface area contributed by atoms with Crippen molar-refractivity contribution < 1.29 is 29.0 Å². The normalized spacial score (nSPS) is 31.0. The molecule has 0 amide bonds. The number of carbonyl (C=O) groups is 3. The van der Waals surface area contributed by atoms with E-state index in [0.717, 1.165) is 6.29 Å². The first-order valence-corrected chi connectivity index (χ1v) is 8.59. The molecule has 1 fully saturated rings. The molecule has 1 heterocycles. The summed E-state index contributed by atoms with van der Waals surface area (Å²) in [6.45, 7) is 6.96. The van der Waals surface area contributed by atoms with E-state index in [1.807, 2.05) is 0 Å². The van der Waals surface area contributed by atoms with E-state index in [1.165, 1.54) is 0 Å². The topological polar surface area (TPSA) is 89.9 Å². The maximum absolute atomic E-state index is 12.3. The van der Waals surface area contributed by atoms with Gasteiger partial charge in [-0.25, -0.2) is 9.59 Å². The highest BCUT2D eigenvalue weighted by atomic mass is 16.6. The van der Waals surface area contributed by atoms with E-state index < -0.39 is 30.1 Å². The Bertz CT molecular complexity index is 697. The van der Waals surface area contributed by atoms with Gasteiger partial charge in [0.25, 0.3) is 0 Å². The standard InChI is InChI=1S/C20H24O6/c1-4-12(2)19(23)25-16-8-14(10-21)6-5-7-15(11-22)9-17-18(16)13(3)20(24)26-17/h4,6,9-10,16-18,22H,3,5,7-8,11H2,1-2H3/b12-4-,14-6+,15-9-/t16-,17-,18-/m1/s1. The van der Waals surface area contributed by atoms with Crippen LogP contribution in [-0.2, 0) is 23.9 Å². The molecule has 0 unspecified atom stereocenters. The average Bonchev–Trinajstić information content (AvgIpc) is 2.91. The van der Waals surface area contributed by atoms with Crippen molar-refractivity contribution in [2.75, 3.05) is 6.61 Å². The second kappa shape index (κ2) is 8.76. The Morgan fingerprint density at radius 3 is 2.85 bits per heavy atom. The first-order chi connectivity index (χ1) is 12.4. The lowest BCUT2D eigenvalue weighted by atomic mass is 9.85. The lowest BCUT2D eigenvalue weighted by molar-refractivity contribution is -0.147. The lowest BCUT2D eigenvalue weighted by Crippen LogP contribution is -2.34. The average molecular weight is 360 g/mol. The van der Waals surface area contributed by atoms with Gasteiger partial charge in [-0.1, -0.05) is 18.7 Å². The molecule has 1 N–H and O–H groups in total. The number of aldehydes is 1. The molecule has 0 saturated carbocycles. The number of ether oxygens (including phenoxy) is 2. The van der Waals surface area contributed by atoms with Crippen LogP contribution in [0, 0.1) is 5.92 Å². The number of aliphatic hydroxyl groups is 1. The van der Waals surface area contributed by atoms with Gasteiger partial charge in [0, 0.05) is 17.6 Å². The number of fused-ring (bicyclic) bond motifs is 1. The van der Waals surface area contributed by atoms with Crippen molar-refractivity contribution in [2.24, 2.45) is 5.92 Å². The number of hydrogen-bond acceptors (Lipinski definition) is 6. The fourth-order valence-corrected chi connectivity index (χ4v) is 3.07. The van der Waals surface area contributed by atoms with Crippen LogP contribution in [0.5, 0.6) is 0 Å². The first kappa shape index (κ1) is 19.8. The predicted molar refractivity (Wildman–Crippen MR) is 95.0 cm³/mol. The molecular formula is C20H24O6. The van der Waals surface area contributed by atoms with E-state index in [1.54, 1.807) is 32.1 Å². The molecule has 2 rings (SSSR count). The van der Waals surface area contributed by atoms with Crippen molar-refractivity contribution in [3.8, 4) is 0 Å². The molecule has 6 heteroatoms. The molecule has 0 radical (unpaired) electrons. The smallest absolute Gasteiger partial charge is 0.334 e. The Labute approximate surface area is 152 Å². The fourth-order valence-electron chi connectivity index (χ4n) is 3.07. The van der Waals surface area contributed by atoms with E-state index in [-0.39, 0.29) is 18.6 Å². The van der Waals surface area contributed by atoms with Gasteiger partial charge in [0.2, 0.25) is 0 Å². The van der Waals surface area contributed by atoms with Gasteiger partial charge in [0.15, 0.2) is 0 Å². The molecule has 0 aromatic carbocycles. The number of aliphatic hydroxyl groups excluding tert-OH is 1. The predicted octanol–water partition coefficient (Wildman–Crippen LogP) is 2.19. The molecular weight excluding hydrogens is 336 g/mol. The SMILES string of the molecule is C=C1C(=O)O[C@@H]2/C=C(\CO)CC/C=C(/C=O)C[C@@H](OC(=O)/C(C)=C\C)[C@@H]12. The van der Waals surface area contributed by atoms with Crippen LogP contribution in [0.25, 0.3) is 0 Å². The van der Waals surface area contributed by atoms with Crippen LogP contribution in [0.1, 0.15) is 33.1 Å². The van der Waals surface area contributed by atoms with Crippen LogP contribution in [0.2, 0.25) is 0 Å². The minimum Gasteiger partial charge on any atom is -0.458 e. The minimum absolute atomic E-state index is 0.172. The van der Waals surface area contributed by atoms with Crippen molar-refractivity contribution in [1.82, 2.24) is 0 Å². The molecule has 1 aliphatic heterocycles. The zero-order valence-corrected chi connectivity index (χ0v) is 15.1. The van der Waals surface area contributed by atoms with Gasteiger partial charge >= 0.3 is 11.9 Å². The molecule has 6 nitrogen and oxygen atoms in total. The molecule has 0 spiro atoms. The highest BCUT2D eigenvalue weighted by molar-refractivity contribution is 5.92. The van der Waals surface area contributed by atoms with E-state index in [9.17, 15) is 19.5 Å². The number of rotatable bonds is 4. The number of esters is 2. The van der Waals surface area contributed by atoms with Gasteiger partial charge in [0.1, 0.15) is 18.5 Å². The molecule has 1 aliphatic carbocycles. The van der Waals surface area contributed by atoms with Crippen molar-refractivity contribution in [1.29, 1.82) is 0 Å². The van der Waals surface area contributed by atoms with Crippen LogP contribution >= 0.6 is 0 Å². The van der Waals surface area contributed by atoms with Crippen LogP contribution in [-0.4, -0.2) is 42.1 Å². The summed E-state index contributed by atoms with van der Waals surface area (Å²) in [7, 11) is 0. The van der Waals surface area contributed by atoms with Crippen LogP contribution < -0.4 is 0 Å². The largest absolute Gasteiger partial charge is 0.458 e. The summed E-state index contributed by atoms with van der Waals surface area (Å²) in [6.07, 6.45) is 5.63. The highest BCUT2D eigenvalue weighted by Gasteiger charge is 2.44. The van der Waals surface area contributed by atoms with Crippen molar-refractivity contribution in [3.63, 3.8) is 0 Å². The molecule has 3 atom stereocenters. The summed E-state index contributed by atoms with van der Waals surface area (Å²) in [5, 5.41) is 9.55. The van der Waals surface area contributed by atoms with Gasteiger partial charge in [-0.3, -0.25) is 4.79 Å². The summed E-state index contributed by atoms with van der Waals surface area (Å²) >= 11 is 0. The monoisotopic (exact) mass is 360 g/mol. The molecule has 26 heavy (non-hydrogen) atoms. The molecule has 0 bridgehead atoms. The van der Waals surface area contributed by atoms with Crippen LogP contribution in [0.3, 0.4) is 0 Å². The van der Waals surface area contributed by atoms with Gasteiger partial charge in [-0.05, 0) is 43.9 Å². The third-order valence-electron chi connectivity index (χ3n) is 4.74. The van der Waals surface area contributed by atoms with Crippen molar-refractivity contribution in [2.45, 2.75) is 45.3 Å². The van der Waals surface area contributed by atoms with E-state index in [4.69, 9.17) is 9.47 Å². The van der Waals surface area contributed by atoms with Gasteiger partial charge in [-0.15, -0.1) is 0 Å². The zero-order chi connectivity index (χ0) is 19.3. The Morgan fingerprint density at radius 1 is 1.50 bits per heavy atom. The summed E-state index contributed by atoms with van der Waals surface area (Å²) in [5.41, 5.74) is 1.80. The highest BCUT2D eigenvalue weighted by Crippen LogP contribution is 2.36. The molecule has 0 aromatic heterocycles. The van der Waals surface area contributed by atoms with Crippen molar-refractivity contribution in [3.05, 3.63) is 47.1 Å².